The number of rotatable bonds is 6. The van der Waals surface area contributed by atoms with E-state index in [1.807, 2.05) is 29.2 Å². The van der Waals surface area contributed by atoms with E-state index in [9.17, 15) is 9.59 Å². The summed E-state index contributed by atoms with van der Waals surface area (Å²) in [6.07, 6.45) is 0.596. The highest BCUT2D eigenvalue weighted by atomic mass is 35.5. The van der Waals surface area contributed by atoms with Crippen LogP contribution in [0, 0.1) is 5.92 Å². The largest absolute Gasteiger partial charge is 0.451 e. The van der Waals surface area contributed by atoms with E-state index < -0.39 is 0 Å². The fourth-order valence-electron chi connectivity index (χ4n) is 3.93. The summed E-state index contributed by atoms with van der Waals surface area (Å²) < 4.78 is 5.72. The first-order valence-corrected chi connectivity index (χ1v) is 12.0. The van der Waals surface area contributed by atoms with Crippen molar-refractivity contribution in [1.29, 1.82) is 0 Å². The van der Waals surface area contributed by atoms with E-state index in [1.54, 1.807) is 30.3 Å². The van der Waals surface area contributed by atoms with Crippen LogP contribution in [0.15, 0.2) is 59.0 Å². The number of hydrogen-bond acceptors (Lipinski definition) is 4. The monoisotopic (exact) mass is 499 g/mol. The fraction of sp³-hybridized carbons (Fsp3) is 0.308. The summed E-state index contributed by atoms with van der Waals surface area (Å²) in [6, 6.07) is 16.1. The molecule has 1 saturated heterocycles. The molecule has 1 fully saturated rings. The predicted molar refractivity (Wildman–Crippen MR) is 137 cm³/mol. The van der Waals surface area contributed by atoms with E-state index in [0.29, 0.717) is 39.4 Å². The van der Waals surface area contributed by atoms with Gasteiger partial charge >= 0.3 is 0 Å². The Labute approximate surface area is 209 Å². The molecule has 2 heterocycles. The topological polar surface area (TPSA) is 65.8 Å². The summed E-state index contributed by atoms with van der Waals surface area (Å²) in [5.41, 5.74) is 2.40. The third-order valence-corrected chi connectivity index (χ3v) is 6.28. The predicted octanol–water partition coefficient (Wildman–Crippen LogP) is 6.20. The summed E-state index contributed by atoms with van der Waals surface area (Å²) in [7, 11) is 0. The molecule has 178 valence electrons. The molecule has 0 atom stereocenters. The molecule has 3 aromatic rings. The third kappa shape index (κ3) is 5.75. The van der Waals surface area contributed by atoms with Crippen molar-refractivity contribution in [2.45, 2.75) is 20.3 Å². The smallest absolute Gasteiger partial charge is 0.291 e. The van der Waals surface area contributed by atoms with Gasteiger partial charge in [0.2, 0.25) is 5.91 Å². The Kier molecular flexibility index (Phi) is 7.49. The maximum atomic E-state index is 12.7. The number of amides is 2. The van der Waals surface area contributed by atoms with Gasteiger partial charge < -0.3 is 19.5 Å². The number of nitrogens with zero attached hydrogens (tertiary/aromatic N) is 2. The average molecular weight is 500 g/mol. The molecule has 8 heteroatoms. The van der Waals surface area contributed by atoms with Gasteiger partial charge in [0.25, 0.3) is 5.91 Å². The zero-order valence-electron chi connectivity index (χ0n) is 19.2. The van der Waals surface area contributed by atoms with Crippen molar-refractivity contribution in [2.75, 3.05) is 36.4 Å². The highest BCUT2D eigenvalue weighted by molar-refractivity contribution is 6.36. The lowest BCUT2D eigenvalue weighted by molar-refractivity contribution is -0.132. The number of nitrogens with one attached hydrogen (secondary N) is 1. The van der Waals surface area contributed by atoms with Gasteiger partial charge in [-0.25, -0.2) is 0 Å². The van der Waals surface area contributed by atoms with Gasteiger partial charge in [-0.05, 0) is 60.5 Å². The molecule has 6 nitrogen and oxygen atoms in total. The second-order valence-corrected chi connectivity index (χ2v) is 9.60. The van der Waals surface area contributed by atoms with Crippen molar-refractivity contribution in [2.24, 2.45) is 5.92 Å². The second kappa shape index (κ2) is 10.5. The minimum Gasteiger partial charge on any atom is -0.451 e. The SMILES string of the molecule is CC(C)CC(=O)N1CCN(c2ccc(NC(=O)c3ccc(-c4ccc(Cl)cc4Cl)o3)cc2)CC1. The molecule has 0 aliphatic carbocycles. The van der Waals surface area contributed by atoms with Crippen LogP contribution in [-0.4, -0.2) is 42.9 Å². The summed E-state index contributed by atoms with van der Waals surface area (Å²) in [5.74, 6) is 0.935. The molecule has 0 bridgehead atoms. The van der Waals surface area contributed by atoms with Crippen LogP contribution in [0.5, 0.6) is 0 Å². The molecule has 0 radical (unpaired) electrons. The van der Waals surface area contributed by atoms with E-state index in [-0.39, 0.29) is 17.6 Å². The van der Waals surface area contributed by atoms with Gasteiger partial charge in [-0.2, -0.15) is 0 Å². The van der Waals surface area contributed by atoms with Gasteiger partial charge in [0.15, 0.2) is 5.76 Å². The van der Waals surface area contributed by atoms with Gasteiger partial charge in [-0.1, -0.05) is 37.0 Å². The number of anilines is 2. The van der Waals surface area contributed by atoms with Crippen LogP contribution < -0.4 is 10.2 Å². The van der Waals surface area contributed by atoms with Crippen molar-refractivity contribution in [3.8, 4) is 11.3 Å². The van der Waals surface area contributed by atoms with Crippen LogP contribution >= 0.6 is 23.2 Å². The molecule has 0 saturated carbocycles. The summed E-state index contributed by atoms with van der Waals surface area (Å²) in [6.45, 7) is 7.16. The molecule has 1 aliphatic rings. The van der Waals surface area contributed by atoms with Crippen molar-refractivity contribution in [3.05, 3.63) is 70.4 Å². The minimum absolute atomic E-state index is 0.187. The lowest BCUT2D eigenvalue weighted by Gasteiger charge is -2.36. The number of furan rings is 1. The van der Waals surface area contributed by atoms with Crippen molar-refractivity contribution in [1.82, 2.24) is 4.90 Å². The van der Waals surface area contributed by atoms with Gasteiger partial charge in [0.05, 0.1) is 5.02 Å². The lowest BCUT2D eigenvalue weighted by Crippen LogP contribution is -2.49. The van der Waals surface area contributed by atoms with Crippen LogP contribution in [0.1, 0.15) is 30.8 Å². The number of carbonyl (C=O) groups excluding carboxylic acids is 2. The number of piperazine rings is 1. The molecule has 1 N–H and O–H groups in total. The molecule has 4 rings (SSSR count). The Bertz CT molecular complexity index is 1170. The molecular weight excluding hydrogens is 473 g/mol. The van der Waals surface area contributed by atoms with E-state index >= 15 is 0 Å². The first kappa shape index (κ1) is 24.2. The molecular formula is C26H27Cl2N3O3. The maximum absolute atomic E-state index is 12.7. The third-order valence-electron chi connectivity index (χ3n) is 5.73. The van der Waals surface area contributed by atoms with Crippen LogP contribution in [-0.2, 0) is 4.79 Å². The van der Waals surface area contributed by atoms with Crippen LogP contribution in [0.2, 0.25) is 10.0 Å². The van der Waals surface area contributed by atoms with E-state index in [2.05, 4.69) is 24.1 Å². The van der Waals surface area contributed by atoms with Gasteiger partial charge in [-0.15, -0.1) is 0 Å². The molecule has 0 unspecified atom stereocenters. The van der Waals surface area contributed by atoms with E-state index in [0.717, 1.165) is 31.9 Å². The molecule has 1 aliphatic heterocycles. The first-order valence-electron chi connectivity index (χ1n) is 11.3. The number of hydrogen-bond donors (Lipinski definition) is 1. The maximum Gasteiger partial charge on any atom is 0.291 e. The molecule has 2 aromatic carbocycles. The van der Waals surface area contributed by atoms with E-state index in [1.165, 1.54) is 0 Å². The fourth-order valence-corrected chi connectivity index (χ4v) is 4.44. The van der Waals surface area contributed by atoms with Crippen LogP contribution in [0.4, 0.5) is 11.4 Å². The Morgan fingerprint density at radius 2 is 1.68 bits per heavy atom. The average Bonchev–Trinajstić information content (AvgIpc) is 3.29. The highest BCUT2D eigenvalue weighted by Crippen LogP contribution is 2.31. The highest BCUT2D eigenvalue weighted by Gasteiger charge is 2.22. The Morgan fingerprint density at radius 1 is 0.971 bits per heavy atom. The number of benzene rings is 2. The molecule has 1 aromatic heterocycles. The number of carbonyl (C=O) groups is 2. The van der Waals surface area contributed by atoms with Crippen LogP contribution in [0.3, 0.4) is 0 Å². The zero-order valence-corrected chi connectivity index (χ0v) is 20.7. The van der Waals surface area contributed by atoms with Crippen molar-refractivity contribution in [3.63, 3.8) is 0 Å². The zero-order chi connectivity index (χ0) is 24.2. The summed E-state index contributed by atoms with van der Waals surface area (Å²) in [4.78, 5) is 29.1. The van der Waals surface area contributed by atoms with Gasteiger partial charge in [-0.3, -0.25) is 9.59 Å². The lowest BCUT2D eigenvalue weighted by atomic mass is 10.1. The Balaban J connectivity index is 1.34. The molecule has 34 heavy (non-hydrogen) atoms. The second-order valence-electron chi connectivity index (χ2n) is 8.75. The summed E-state index contributed by atoms with van der Waals surface area (Å²) >= 11 is 12.2. The normalized spacial score (nSPS) is 13.9. The standard InChI is InChI=1S/C26H27Cl2N3O3/c1-17(2)15-25(32)31-13-11-30(12-14-31)20-6-4-19(5-7-20)29-26(33)24-10-9-23(34-24)21-8-3-18(27)16-22(21)28/h3-10,16-17H,11-15H2,1-2H3,(H,29,33). The molecule has 2 amide bonds. The van der Waals surface area contributed by atoms with Crippen molar-refractivity contribution < 1.29 is 14.0 Å². The quantitative estimate of drug-likeness (QED) is 0.438. The Hall–Kier alpha value is -2.96. The van der Waals surface area contributed by atoms with Crippen LogP contribution in [0.25, 0.3) is 11.3 Å². The minimum atomic E-state index is -0.346. The van der Waals surface area contributed by atoms with Gasteiger partial charge in [0, 0.05) is 54.6 Å². The van der Waals surface area contributed by atoms with Crippen molar-refractivity contribution >= 4 is 46.4 Å². The molecule has 0 spiro atoms. The van der Waals surface area contributed by atoms with Gasteiger partial charge in [0.1, 0.15) is 5.76 Å². The Morgan fingerprint density at radius 3 is 2.32 bits per heavy atom. The number of halogens is 2. The summed E-state index contributed by atoms with van der Waals surface area (Å²) in [5, 5.41) is 3.84. The first-order chi connectivity index (χ1) is 16.3. The van der Waals surface area contributed by atoms with E-state index in [4.69, 9.17) is 27.6 Å².